The van der Waals surface area contributed by atoms with Crippen molar-refractivity contribution in [3.05, 3.63) is 0 Å². The van der Waals surface area contributed by atoms with E-state index in [2.05, 4.69) is 24.2 Å². The molecule has 86 valence electrons. The van der Waals surface area contributed by atoms with E-state index in [0.29, 0.717) is 6.04 Å². The molecular weight excluding hydrogens is 204 g/mol. The van der Waals surface area contributed by atoms with Crippen molar-refractivity contribution in [2.75, 3.05) is 12.3 Å². The fourth-order valence-corrected chi connectivity index (χ4v) is 2.88. The minimum absolute atomic E-state index is 0.644. The van der Waals surface area contributed by atoms with Crippen LogP contribution in [0.4, 0.5) is 0 Å². The summed E-state index contributed by atoms with van der Waals surface area (Å²) >= 11 is 1.90. The van der Waals surface area contributed by atoms with Crippen LogP contribution in [0.1, 0.15) is 39.5 Å². The first-order valence-corrected chi connectivity index (χ1v) is 7.18. The molecule has 0 aromatic rings. The minimum Gasteiger partial charge on any atom is -0.362 e. The molecule has 2 fully saturated rings. The van der Waals surface area contributed by atoms with Gasteiger partial charge in [0.05, 0.1) is 0 Å². The third kappa shape index (κ3) is 3.71. The average Bonchev–Trinajstić information content (AvgIpc) is 3.02. The zero-order valence-electron chi connectivity index (χ0n) is 9.83. The number of rotatable bonds is 4. The molecule has 2 aliphatic rings. The van der Waals surface area contributed by atoms with E-state index in [9.17, 15) is 0 Å². The molecular formula is C12H22N2S. The molecule has 2 rings (SSSR count). The van der Waals surface area contributed by atoms with Crippen molar-refractivity contribution in [3.63, 3.8) is 0 Å². The Labute approximate surface area is 97.3 Å². The van der Waals surface area contributed by atoms with E-state index in [4.69, 9.17) is 0 Å². The maximum atomic E-state index is 4.66. The summed E-state index contributed by atoms with van der Waals surface area (Å²) in [5.41, 5.74) is 0. The summed E-state index contributed by atoms with van der Waals surface area (Å²) in [4.78, 5) is 4.66. The van der Waals surface area contributed by atoms with Crippen molar-refractivity contribution < 1.29 is 0 Å². The maximum Gasteiger partial charge on any atom is 0.156 e. The highest BCUT2D eigenvalue weighted by molar-refractivity contribution is 8.13. The zero-order chi connectivity index (χ0) is 10.7. The number of aliphatic imine (C=N–C) groups is 1. The van der Waals surface area contributed by atoms with Crippen LogP contribution in [0.2, 0.25) is 0 Å². The van der Waals surface area contributed by atoms with Crippen LogP contribution >= 0.6 is 11.8 Å². The molecule has 1 aliphatic carbocycles. The second kappa shape index (κ2) is 5.24. The first kappa shape index (κ1) is 11.3. The summed E-state index contributed by atoms with van der Waals surface area (Å²) in [6.07, 6.45) is 5.47. The Kier molecular flexibility index (Phi) is 3.95. The van der Waals surface area contributed by atoms with Gasteiger partial charge in [0, 0.05) is 18.3 Å². The van der Waals surface area contributed by atoms with Gasteiger partial charge in [-0.1, -0.05) is 38.5 Å². The fourth-order valence-electron chi connectivity index (χ4n) is 1.90. The summed E-state index contributed by atoms with van der Waals surface area (Å²) in [5.74, 6) is 2.96. The normalized spacial score (nSPS) is 29.5. The monoisotopic (exact) mass is 226 g/mol. The van der Waals surface area contributed by atoms with E-state index in [0.717, 1.165) is 18.4 Å². The van der Waals surface area contributed by atoms with Crippen molar-refractivity contribution in [1.29, 1.82) is 0 Å². The molecule has 15 heavy (non-hydrogen) atoms. The largest absolute Gasteiger partial charge is 0.362 e. The van der Waals surface area contributed by atoms with Gasteiger partial charge in [-0.2, -0.15) is 0 Å². The Bertz CT molecular complexity index is 234. The summed E-state index contributed by atoms with van der Waals surface area (Å²) in [6, 6.07) is 0.644. The Balaban J connectivity index is 1.74. The highest BCUT2D eigenvalue weighted by Crippen LogP contribution is 2.32. The van der Waals surface area contributed by atoms with Gasteiger partial charge >= 0.3 is 0 Å². The van der Waals surface area contributed by atoms with Crippen LogP contribution in [0, 0.1) is 11.8 Å². The lowest BCUT2D eigenvalue weighted by Crippen LogP contribution is -2.41. The molecule has 1 unspecified atom stereocenters. The van der Waals surface area contributed by atoms with Crippen molar-refractivity contribution in [2.24, 2.45) is 16.8 Å². The topological polar surface area (TPSA) is 24.4 Å². The van der Waals surface area contributed by atoms with Gasteiger partial charge in [0.2, 0.25) is 0 Å². The van der Waals surface area contributed by atoms with E-state index in [1.165, 1.54) is 36.6 Å². The lowest BCUT2D eigenvalue weighted by atomic mass is 10.0. The SMILES string of the molecule is CC(C)C1CCSC(=NCCC2CC2)N1. The van der Waals surface area contributed by atoms with Gasteiger partial charge in [-0.25, -0.2) is 0 Å². The minimum atomic E-state index is 0.644. The molecule has 1 heterocycles. The highest BCUT2D eigenvalue weighted by atomic mass is 32.2. The van der Waals surface area contributed by atoms with Crippen molar-refractivity contribution >= 4 is 16.9 Å². The van der Waals surface area contributed by atoms with Crippen LogP contribution in [0.15, 0.2) is 4.99 Å². The number of amidine groups is 1. The van der Waals surface area contributed by atoms with Gasteiger partial charge in [-0.05, 0) is 24.7 Å². The van der Waals surface area contributed by atoms with Gasteiger partial charge in [-0.3, -0.25) is 4.99 Å². The molecule has 0 spiro atoms. The lowest BCUT2D eigenvalue weighted by molar-refractivity contribution is 0.442. The first-order chi connectivity index (χ1) is 7.25. The molecule has 0 radical (unpaired) electrons. The molecule has 1 N–H and O–H groups in total. The van der Waals surface area contributed by atoms with Gasteiger partial charge in [0.15, 0.2) is 5.17 Å². The smallest absolute Gasteiger partial charge is 0.156 e. The number of hydrogen-bond donors (Lipinski definition) is 1. The van der Waals surface area contributed by atoms with Gasteiger partial charge in [-0.15, -0.1) is 0 Å². The summed E-state index contributed by atoms with van der Waals surface area (Å²) in [7, 11) is 0. The second-order valence-corrected chi connectivity index (χ2v) is 6.13. The van der Waals surface area contributed by atoms with E-state index in [1.807, 2.05) is 11.8 Å². The van der Waals surface area contributed by atoms with Gasteiger partial charge in [0.1, 0.15) is 0 Å². The number of nitrogens with zero attached hydrogens (tertiary/aromatic N) is 1. The van der Waals surface area contributed by atoms with Crippen LogP contribution in [-0.2, 0) is 0 Å². The molecule has 1 saturated carbocycles. The van der Waals surface area contributed by atoms with Crippen LogP contribution in [0.3, 0.4) is 0 Å². The van der Waals surface area contributed by atoms with E-state index in [-0.39, 0.29) is 0 Å². The molecule has 1 aliphatic heterocycles. The van der Waals surface area contributed by atoms with Crippen LogP contribution in [0.25, 0.3) is 0 Å². The molecule has 1 saturated heterocycles. The Morgan fingerprint density at radius 2 is 2.20 bits per heavy atom. The first-order valence-electron chi connectivity index (χ1n) is 6.19. The molecule has 1 atom stereocenters. The third-order valence-electron chi connectivity index (χ3n) is 3.27. The Morgan fingerprint density at radius 1 is 1.40 bits per heavy atom. The maximum absolute atomic E-state index is 4.66. The third-order valence-corrected chi connectivity index (χ3v) is 4.23. The summed E-state index contributed by atoms with van der Waals surface area (Å²) in [5, 5.41) is 4.75. The predicted molar refractivity (Wildman–Crippen MR) is 68.5 cm³/mol. The fraction of sp³-hybridized carbons (Fsp3) is 0.917. The van der Waals surface area contributed by atoms with Gasteiger partial charge < -0.3 is 5.32 Å². The Hall–Kier alpha value is -0.180. The van der Waals surface area contributed by atoms with Crippen LogP contribution in [0.5, 0.6) is 0 Å². The van der Waals surface area contributed by atoms with Gasteiger partial charge in [0.25, 0.3) is 0 Å². The predicted octanol–water partition coefficient (Wildman–Crippen LogP) is 2.89. The van der Waals surface area contributed by atoms with E-state index < -0.39 is 0 Å². The molecule has 0 aromatic carbocycles. The summed E-state index contributed by atoms with van der Waals surface area (Å²) < 4.78 is 0. The molecule has 0 bridgehead atoms. The number of nitrogens with one attached hydrogen (secondary N) is 1. The van der Waals surface area contributed by atoms with Crippen LogP contribution < -0.4 is 5.32 Å². The standard InChI is InChI=1S/C12H22N2S/c1-9(2)11-6-8-15-12(14-11)13-7-5-10-3-4-10/h9-11H,3-8H2,1-2H3,(H,13,14). The zero-order valence-corrected chi connectivity index (χ0v) is 10.6. The molecule has 2 nitrogen and oxygen atoms in total. The average molecular weight is 226 g/mol. The summed E-state index contributed by atoms with van der Waals surface area (Å²) in [6.45, 7) is 5.61. The lowest BCUT2D eigenvalue weighted by Gasteiger charge is -2.28. The van der Waals surface area contributed by atoms with Crippen molar-refractivity contribution in [3.8, 4) is 0 Å². The number of thioether (sulfide) groups is 1. The molecule has 0 amide bonds. The van der Waals surface area contributed by atoms with Crippen LogP contribution in [-0.4, -0.2) is 23.5 Å². The highest BCUT2D eigenvalue weighted by Gasteiger charge is 2.22. The quantitative estimate of drug-likeness (QED) is 0.797. The molecule has 3 heteroatoms. The molecule has 0 aromatic heterocycles. The van der Waals surface area contributed by atoms with E-state index in [1.54, 1.807) is 0 Å². The Morgan fingerprint density at radius 3 is 2.87 bits per heavy atom. The van der Waals surface area contributed by atoms with Crippen molar-refractivity contribution in [1.82, 2.24) is 5.32 Å². The van der Waals surface area contributed by atoms with E-state index >= 15 is 0 Å². The second-order valence-electron chi connectivity index (χ2n) is 5.05. The van der Waals surface area contributed by atoms with Crippen molar-refractivity contribution in [2.45, 2.75) is 45.6 Å². The number of hydrogen-bond acceptors (Lipinski definition) is 2.